The van der Waals surface area contributed by atoms with Gasteiger partial charge in [0.15, 0.2) is 0 Å². The molecule has 192 valence electrons. The lowest BCUT2D eigenvalue weighted by molar-refractivity contribution is 0.258. The number of imidazole rings is 1. The minimum absolute atomic E-state index is 0.0640. The number of aromatic nitrogens is 3. The molecule has 1 saturated heterocycles. The van der Waals surface area contributed by atoms with Crippen molar-refractivity contribution in [2.45, 2.75) is 18.9 Å². The zero-order valence-electron chi connectivity index (χ0n) is 21.0. The Kier molecular flexibility index (Phi) is 6.79. The molecule has 9 heteroatoms. The Balaban J connectivity index is 1.51. The van der Waals surface area contributed by atoms with E-state index in [2.05, 4.69) is 28.9 Å². The van der Waals surface area contributed by atoms with Crippen LogP contribution >= 0.6 is 11.6 Å². The summed E-state index contributed by atoms with van der Waals surface area (Å²) < 4.78 is 17.7. The first-order valence-electron chi connectivity index (χ1n) is 12.2. The molecule has 37 heavy (non-hydrogen) atoms. The number of aromatic hydroxyl groups is 1. The maximum Gasteiger partial charge on any atom is 0.332 e. The number of phenolic OH excluding ortho intramolecular Hbond substituents is 1. The minimum Gasteiger partial charge on any atom is -0.507 e. The number of anilines is 1. The quantitative estimate of drug-likeness (QED) is 0.403. The van der Waals surface area contributed by atoms with Crippen molar-refractivity contribution in [1.82, 2.24) is 19.0 Å². The molecule has 0 radical (unpaired) electrons. The van der Waals surface area contributed by atoms with Gasteiger partial charge in [0.1, 0.15) is 11.6 Å². The maximum absolute atomic E-state index is 14.8. The molecule has 4 aromatic rings. The zero-order chi connectivity index (χ0) is 26.3. The van der Waals surface area contributed by atoms with Gasteiger partial charge in [-0.05, 0) is 62.8 Å². The third kappa shape index (κ3) is 4.86. The van der Waals surface area contributed by atoms with Gasteiger partial charge in [-0.1, -0.05) is 17.7 Å². The van der Waals surface area contributed by atoms with Crippen LogP contribution in [0.5, 0.6) is 5.75 Å². The fraction of sp³-hybridized carbons (Fsp3) is 0.286. The topological polar surface area (TPSA) is 66.5 Å². The highest BCUT2D eigenvalue weighted by Crippen LogP contribution is 2.41. The fourth-order valence-electron chi connectivity index (χ4n) is 4.92. The number of nitrogens with zero attached hydrogens (tertiary/aromatic N) is 5. The summed E-state index contributed by atoms with van der Waals surface area (Å²) in [6.07, 6.45) is 8.93. The van der Waals surface area contributed by atoms with E-state index >= 15 is 0 Å². The molecular formula is C28H29ClFN5O2. The molecule has 0 unspecified atom stereocenters. The third-order valence-corrected chi connectivity index (χ3v) is 7.37. The van der Waals surface area contributed by atoms with E-state index in [4.69, 9.17) is 11.6 Å². The molecule has 0 bridgehead atoms. The number of hydrogen-bond donors (Lipinski definition) is 1. The van der Waals surface area contributed by atoms with Crippen molar-refractivity contribution >= 4 is 17.3 Å². The number of pyridine rings is 1. The van der Waals surface area contributed by atoms with Gasteiger partial charge >= 0.3 is 5.69 Å². The number of rotatable bonds is 5. The lowest BCUT2D eigenvalue weighted by Crippen LogP contribution is -2.45. The molecule has 5 rings (SSSR count). The van der Waals surface area contributed by atoms with Gasteiger partial charge in [-0.3, -0.25) is 9.55 Å². The van der Waals surface area contributed by atoms with E-state index in [1.165, 1.54) is 21.3 Å². The third-order valence-electron chi connectivity index (χ3n) is 7.07. The van der Waals surface area contributed by atoms with E-state index in [1.807, 2.05) is 12.3 Å². The molecule has 0 spiro atoms. The highest BCUT2D eigenvalue weighted by molar-refractivity contribution is 6.32. The number of piperidine rings is 1. The van der Waals surface area contributed by atoms with Gasteiger partial charge in [0.2, 0.25) is 0 Å². The number of benzene rings is 2. The van der Waals surface area contributed by atoms with Crippen molar-refractivity contribution < 1.29 is 9.50 Å². The molecule has 1 aliphatic rings. The molecule has 1 aliphatic heterocycles. The highest BCUT2D eigenvalue weighted by atomic mass is 35.5. The first-order valence-corrected chi connectivity index (χ1v) is 12.5. The monoisotopic (exact) mass is 521 g/mol. The predicted octanol–water partition coefficient (Wildman–Crippen LogP) is 4.93. The van der Waals surface area contributed by atoms with Crippen molar-refractivity contribution in [1.29, 1.82) is 0 Å². The van der Waals surface area contributed by atoms with Crippen LogP contribution in [-0.4, -0.2) is 57.4 Å². The Hall–Kier alpha value is -3.62. The van der Waals surface area contributed by atoms with Gasteiger partial charge in [0, 0.05) is 61.5 Å². The second-order valence-electron chi connectivity index (χ2n) is 9.71. The van der Waals surface area contributed by atoms with Gasteiger partial charge in [0.05, 0.1) is 22.6 Å². The van der Waals surface area contributed by atoms with Crippen LogP contribution in [0.3, 0.4) is 0 Å². The Bertz CT molecular complexity index is 1510. The van der Waals surface area contributed by atoms with Crippen molar-refractivity contribution in [3.05, 3.63) is 82.5 Å². The van der Waals surface area contributed by atoms with Crippen molar-refractivity contribution in [3.63, 3.8) is 0 Å². The lowest BCUT2D eigenvalue weighted by atomic mass is 9.97. The van der Waals surface area contributed by atoms with Crippen LogP contribution in [0.25, 0.3) is 27.9 Å². The number of phenols is 1. The first kappa shape index (κ1) is 25.0. The molecular weight excluding hydrogens is 493 g/mol. The number of hydrogen-bond acceptors (Lipinski definition) is 5. The van der Waals surface area contributed by atoms with E-state index in [0.29, 0.717) is 39.0 Å². The summed E-state index contributed by atoms with van der Waals surface area (Å²) in [6.45, 7) is 1.80. The molecule has 3 heterocycles. The summed E-state index contributed by atoms with van der Waals surface area (Å²) in [7, 11) is 5.83. The minimum atomic E-state index is -0.488. The molecule has 1 N–H and O–H groups in total. The summed E-state index contributed by atoms with van der Waals surface area (Å²) in [6, 6.07) is 10.0. The van der Waals surface area contributed by atoms with E-state index in [-0.39, 0.29) is 11.4 Å². The maximum atomic E-state index is 14.8. The molecule has 0 amide bonds. The number of halogens is 2. The standard InChI is InChI=1S/C28H29ClFN5O2/c1-32(2)21-5-4-8-34(17-21)22-11-19(15-31-16-22)24-14-20(30)13-23(27(24)36)18-6-7-26(25(29)12-18)35-10-9-33(3)28(35)37/h6-7,9-16,21,36H,4-5,8,17H2,1-3H3/t21-/m0/s1. The van der Waals surface area contributed by atoms with Crippen LogP contribution in [0.2, 0.25) is 5.02 Å². The second kappa shape index (κ2) is 10.0. The van der Waals surface area contributed by atoms with Gasteiger partial charge in [-0.2, -0.15) is 0 Å². The van der Waals surface area contributed by atoms with Crippen LogP contribution in [0, 0.1) is 5.82 Å². The van der Waals surface area contributed by atoms with Crippen LogP contribution in [-0.2, 0) is 7.05 Å². The summed E-state index contributed by atoms with van der Waals surface area (Å²) in [5, 5.41) is 11.6. The molecule has 1 fully saturated rings. The summed E-state index contributed by atoms with van der Waals surface area (Å²) in [5.41, 5.74) is 3.02. The number of likely N-dealkylation sites (N-methyl/N-ethyl adjacent to an activating group) is 1. The summed E-state index contributed by atoms with van der Waals surface area (Å²) in [4.78, 5) is 21.3. The number of aryl methyl sites for hydroxylation is 1. The van der Waals surface area contributed by atoms with E-state index in [0.717, 1.165) is 31.6 Å². The van der Waals surface area contributed by atoms with Crippen LogP contribution in [0.4, 0.5) is 10.1 Å². The Morgan fingerprint density at radius 1 is 1.08 bits per heavy atom. The Morgan fingerprint density at radius 2 is 1.84 bits per heavy atom. The smallest absolute Gasteiger partial charge is 0.332 e. The molecule has 2 aromatic heterocycles. The van der Waals surface area contributed by atoms with Gasteiger partial charge in [0.25, 0.3) is 0 Å². The average molecular weight is 522 g/mol. The summed E-state index contributed by atoms with van der Waals surface area (Å²) >= 11 is 6.52. The normalized spacial score (nSPS) is 15.9. The summed E-state index contributed by atoms with van der Waals surface area (Å²) in [5.74, 6) is -0.552. The Labute approximate surface area is 220 Å². The van der Waals surface area contributed by atoms with Crippen LogP contribution in [0.15, 0.2) is 66.0 Å². The van der Waals surface area contributed by atoms with Crippen molar-refractivity contribution in [3.8, 4) is 33.7 Å². The Morgan fingerprint density at radius 3 is 2.51 bits per heavy atom. The average Bonchev–Trinajstić information content (AvgIpc) is 3.23. The largest absolute Gasteiger partial charge is 0.507 e. The van der Waals surface area contributed by atoms with Crippen molar-refractivity contribution in [2.75, 3.05) is 32.1 Å². The molecule has 0 aliphatic carbocycles. The molecule has 0 saturated carbocycles. The first-order chi connectivity index (χ1) is 17.7. The van der Waals surface area contributed by atoms with Crippen LogP contribution in [0.1, 0.15) is 12.8 Å². The lowest BCUT2D eigenvalue weighted by Gasteiger charge is -2.37. The highest BCUT2D eigenvalue weighted by Gasteiger charge is 2.23. The predicted molar refractivity (Wildman–Crippen MR) is 145 cm³/mol. The van der Waals surface area contributed by atoms with E-state index in [1.54, 1.807) is 43.8 Å². The SMILES string of the molecule is CN(C)[C@H]1CCCN(c2cncc(-c3cc(F)cc(-c4ccc(-n5ccn(C)c5=O)c(Cl)c4)c3O)c2)C1. The van der Waals surface area contributed by atoms with Crippen LogP contribution < -0.4 is 10.6 Å². The van der Waals surface area contributed by atoms with Gasteiger partial charge < -0.3 is 19.5 Å². The molecule has 7 nitrogen and oxygen atoms in total. The van der Waals surface area contributed by atoms with Gasteiger partial charge in [-0.25, -0.2) is 9.18 Å². The van der Waals surface area contributed by atoms with E-state index in [9.17, 15) is 14.3 Å². The van der Waals surface area contributed by atoms with Crippen molar-refractivity contribution in [2.24, 2.45) is 7.05 Å². The fourth-order valence-corrected chi connectivity index (χ4v) is 5.19. The molecule has 2 aromatic carbocycles. The second-order valence-corrected chi connectivity index (χ2v) is 10.1. The molecule has 1 atom stereocenters. The van der Waals surface area contributed by atoms with Gasteiger partial charge in [-0.15, -0.1) is 0 Å². The zero-order valence-corrected chi connectivity index (χ0v) is 21.8. The van der Waals surface area contributed by atoms with E-state index < -0.39 is 5.82 Å².